The fraction of sp³-hybridized carbons (Fsp3) is 0.750. The Morgan fingerprint density at radius 1 is 1.83 bits per heavy atom. The van der Waals surface area contributed by atoms with Crippen LogP contribution >= 0.6 is 0 Å². The zero-order valence-corrected chi connectivity index (χ0v) is 3.91. The van der Waals surface area contributed by atoms with Crippen LogP contribution in [0.15, 0.2) is 0 Å². The normalized spacial score (nSPS) is 19.8. The van der Waals surface area contributed by atoms with Crippen molar-refractivity contribution in [2.24, 2.45) is 0 Å². The number of hydrogen-bond acceptors (Lipinski definition) is 1. The monoisotopic (exact) mass is 85.1 g/mol. The summed E-state index contributed by atoms with van der Waals surface area (Å²) in [5.74, 6) is 1.20. The molecule has 2 nitrogen and oxygen atoms in total. The topological polar surface area (TPSA) is 26.0 Å². The predicted molar refractivity (Wildman–Crippen MR) is 24.5 cm³/mol. The van der Waals surface area contributed by atoms with Gasteiger partial charge in [-0.25, -0.2) is 0 Å². The van der Waals surface area contributed by atoms with Crippen molar-refractivity contribution >= 4 is 5.84 Å². The lowest BCUT2D eigenvalue weighted by atomic mass is 10.7. The molecule has 0 radical (unpaired) electrons. The highest BCUT2D eigenvalue weighted by molar-refractivity contribution is 5.74. The third-order valence-electron chi connectivity index (χ3n) is 0.905. The molecule has 0 amide bonds. The molecule has 6 heavy (non-hydrogen) atoms. The lowest BCUT2D eigenvalue weighted by molar-refractivity contribution is -0.445. The molecule has 0 saturated carbocycles. The van der Waals surface area contributed by atoms with Crippen LogP contribution in [0.5, 0.6) is 0 Å². The van der Waals surface area contributed by atoms with E-state index in [4.69, 9.17) is 0 Å². The van der Waals surface area contributed by atoms with E-state index in [9.17, 15) is 0 Å². The highest BCUT2D eigenvalue weighted by Crippen LogP contribution is 1.56. The molecule has 0 aromatic rings. The maximum Gasteiger partial charge on any atom is 0.239 e. The molecule has 0 fully saturated rings. The summed E-state index contributed by atoms with van der Waals surface area (Å²) in [6, 6.07) is 0. The summed E-state index contributed by atoms with van der Waals surface area (Å²) in [4.78, 5) is 3.12. The molecule has 0 atom stereocenters. The molecule has 2 N–H and O–H groups in total. The molecule has 0 bridgehead atoms. The molecule has 34 valence electrons. The van der Waals surface area contributed by atoms with Gasteiger partial charge in [0, 0.05) is 6.92 Å². The second kappa shape index (κ2) is 1.29. The molecule has 0 saturated heterocycles. The van der Waals surface area contributed by atoms with Crippen molar-refractivity contribution < 1.29 is 4.99 Å². The average molecular weight is 85.1 g/mol. The zero-order valence-electron chi connectivity index (χ0n) is 3.91. The second-order valence-electron chi connectivity index (χ2n) is 1.48. The van der Waals surface area contributed by atoms with Crippen molar-refractivity contribution in [2.45, 2.75) is 6.92 Å². The molecule has 2 heteroatoms. The van der Waals surface area contributed by atoms with Crippen molar-refractivity contribution in [3.05, 3.63) is 0 Å². The summed E-state index contributed by atoms with van der Waals surface area (Å²) in [5, 5.41) is 3.12. The van der Waals surface area contributed by atoms with Gasteiger partial charge >= 0.3 is 0 Å². The van der Waals surface area contributed by atoms with E-state index in [-0.39, 0.29) is 0 Å². The molecular formula is C4H9N2+. The van der Waals surface area contributed by atoms with Crippen molar-refractivity contribution in [1.29, 1.82) is 0 Å². The van der Waals surface area contributed by atoms with Crippen molar-refractivity contribution in [3.8, 4) is 0 Å². The van der Waals surface area contributed by atoms with E-state index in [1.165, 1.54) is 5.84 Å². The number of nitrogens with one attached hydrogen (secondary N) is 2. The minimum atomic E-state index is 1.09. The molecule has 0 spiro atoms. The van der Waals surface area contributed by atoms with Gasteiger partial charge < -0.3 is 0 Å². The van der Waals surface area contributed by atoms with Crippen molar-refractivity contribution in [3.63, 3.8) is 0 Å². The fourth-order valence-electron chi connectivity index (χ4n) is 0.562. The first-order chi connectivity index (χ1) is 2.89. The van der Waals surface area contributed by atoms with E-state index in [2.05, 4.69) is 10.3 Å². The Kier molecular flexibility index (Phi) is 0.783. The SMILES string of the molecule is CC1=[NH+]CCN1. The van der Waals surface area contributed by atoms with Gasteiger partial charge in [-0.05, 0) is 0 Å². The lowest BCUT2D eigenvalue weighted by Crippen LogP contribution is -2.69. The van der Waals surface area contributed by atoms with Crippen LogP contribution in [0.4, 0.5) is 0 Å². The smallest absolute Gasteiger partial charge is 0.239 e. The molecule has 0 unspecified atom stereocenters. The molecule has 0 aliphatic carbocycles. The Balaban J connectivity index is 2.45. The van der Waals surface area contributed by atoms with Crippen LogP contribution in [0.25, 0.3) is 0 Å². The van der Waals surface area contributed by atoms with Gasteiger partial charge in [0.25, 0.3) is 0 Å². The van der Waals surface area contributed by atoms with Gasteiger partial charge in [-0.15, -0.1) is 0 Å². The third-order valence-corrected chi connectivity index (χ3v) is 0.905. The Bertz CT molecular complexity index is 75.6. The molecule has 1 aliphatic rings. The Morgan fingerprint density at radius 3 is 2.83 bits per heavy atom. The summed E-state index contributed by atoms with van der Waals surface area (Å²) in [6.45, 7) is 4.21. The van der Waals surface area contributed by atoms with Crippen LogP contribution in [0.1, 0.15) is 6.92 Å². The lowest BCUT2D eigenvalue weighted by Gasteiger charge is -1.75. The van der Waals surface area contributed by atoms with Crippen molar-refractivity contribution in [2.75, 3.05) is 13.1 Å². The first-order valence-corrected chi connectivity index (χ1v) is 2.21. The highest BCUT2D eigenvalue weighted by atomic mass is 15.0. The number of amidine groups is 1. The van der Waals surface area contributed by atoms with E-state index in [1.54, 1.807) is 0 Å². The zero-order chi connectivity index (χ0) is 4.41. The van der Waals surface area contributed by atoms with Gasteiger partial charge in [0.1, 0.15) is 13.1 Å². The second-order valence-corrected chi connectivity index (χ2v) is 1.48. The van der Waals surface area contributed by atoms with Crippen molar-refractivity contribution in [1.82, 2.24) is 5.32 Å². The van der Waals surface area contributed by atoms with Crippen LogP contribution in [0.2, 0.25) is 0 Å². The van der Waals surface area contributed by atoms with E-state index < -0.39 is 0 Å². The van der Waals surface area contributed by atoms with Gasteiger partial charge in [0.2, 0.25) is 5.84 Å². The van der Waals surface area contributed by atoms with Gasteiger partial charge in [-0.3, -0.25) is 10.3 Å². The molecular weight excluding hydrogens is 76.1 g/mol. The van der Waals surface area contributed by atoms with E-state index >= 15 is 0 Å². The number of rotatable bonds is 0. The fourth-order valence-corrected chi connectivity index (χ4v) is 0.562. The molecule has 0 aromatic carbocycles. The van der Waals surface area contributed by atoms with E-state index in [1.807, 2.05) is 6.92 Å². The maximum absolute atomic E-state index is 3.12. The average Bonchev–Trinajstić information content (AvgIpc) is 1.86. The summed E-state index contributed by atoms with van der Waals surface area (Å²) in [6.07, 6.45) is 0. The quantitative estimate of drug-likeness (QED) is 0.352. The minimum absolute atomic E-state index is 1.09. The Labute approximate surface area is 37.3 Å². The Hall–Kier alpha value is -0.530. The molecule has 1 rings (SSSR count). The minimum Gasteiger partial charge on any atom is -0.275 e. The largest absolute Gasteiger partial charge is 0.275 e. The summed E-state index contributed by atoms with van der Waals surface area (Å²) < 4.78 is 0. The van der Waals surface area contributed by atoms with E-state index in [0.29, 0.717) is 0 Å². The van der Waals surface area contributed by atoms with Crippen LogP contribution in [-0.4, -0.2) is 18.9 Å². The van der Waals surface area contributed by atoms with Gasteiger partial charge in [0.15, 0.2) is 0 Å². The third kappa shape index (κ3) is 0.506. The summed E-state index contributed by atoms with van der Waals surface area (Å²) >= 11 is 0. The predicted octanol–water partition coefficient (Wildman–Crippen LogP) is -1.91. The van der Waals surface area contributed by atoms with Gasteiger partial charge in [-0.1, -0.05) is 0 Å². The van der Waals surface area contributed by atoms with Crippen LogP contribution in [0.3, 0.4) is 0 Å². The first kappa shape index (κ1) is 3.65. The summed E-state index contributed by atoms with van der Waals surface area (Å²) in [7, 11) is 0. The molecule has 1 aliphatic heterocycles. The van der Waals surface area contributed by atoms with E-state index in [0.717, 1.165) is 13.1 Å². The Morgan fingerprint density at radius 2 is 2.67 bits per heavy atom. The highest BCUT2D eigenvalue weighted by Gasteiger charge is 2.02. The first-order valence-electron chi connectivity index (χ1n) is 2.21. The maximum atomic E-state index is 3.12. The molecule has 1 heterocycles. The van der Waals surface area contributed by atoms with Gasteiger partial charge in [0.05, 0.1) is 0 Å². The van der Waals surface area contributed by atoms with Crippen LogP contribution in [-0.2, 0) is 0 Å². The van der Waals surface area contributed by atoms with Crippen LogP contribution in [0, 0.1) is 0 Å². The standard InChI is InChI=1S/C4H8N2/c1-4-5-2-3-6-4/h2-3H2,1H3,(H,5,6)/p+1. The van der Waals surface area contributed by atoms with Gasteiger partial charge in [-0.2, -0.15) is 0 Å². The van der Waals surface area contributed by atoms with Crippen LogP contribution < -0.4 is 10.3 Å². The number of hydrogen-bond donors (Lipinski definition) is 2. The molecule has 0 aromatic heterocycles. The summed E-state index contributed by atoms with van der Waals surface area (Å²) in [5.41, 5.74) is 0.